The Morgan fingerprint density at radius 3 is 2.38 bits per heavy atom. The molecule has 3 saturated heterocycles. The summed E-state index contributed by atoms with van der Waals surface area (Å²) in [6.07, 6.45) is 4.86. The molecule has 0 aliphatic carbocycles. The van der Waals surface area contributed by atoms with Gasteiger partial charge in [0.05, 0.1) is 23.3 Å². The van der Waals surface area contributed by atoms with Gasteiger partial charge in [0.2, 0.25) is 10.0 Å². The predicted molar refractivity (Wildman–Crippen MR) is 151 cm³/mol. The fourth-order valence-electron chi connectivity index (χ4n) is 6.82. The van der Waals surface area contributed by atoms with Crippen LogP contribution in [0.1, 0.15) is 62.4 Å². The number of amides is 1. The number of pyridine rings is 1. The Morgan fingerprint density at radius 1 is 1.13 bits per heavy atom. The molecule has 10 nitrogen and oxygen atoms in total. The summed E-state index contributed by atoms with van der Waals surface area (Å²) in [6, 6.07) is 8.98. The quantitative estimate of drug-likeness (QED) is 0.506. The second-order valence-electron chi connectivity index (χ2n) is 11.6. The van der Waals surface area contributed by atoms with Crippen molar-refractivity contribution in [1.82, 2.24) is 19.1 Å². The Morgan fingerprint density at radius 2 is 1.79 bits per heavy atom. The highest BCUT2D eigenvalue weighted by Crippen LogP contribution is 2.36. The van der Waals surface area contributed by atoms with Gasteiger partial charge in [-0.2, -0.15) is 4.31 Å². The van der Waals surface area contributed by atoms with Crippen LogP contribution in [0, 0.1) is 0 Å². The van der Waals surface area contributed by atoms with Crippen LogP contribution in [0.25, 0.3) is 10.9 Å². The summed E-state index contributed by atoms with van der Waals surface area (Å²) < 4.78 is 52.0. The van der Waals surface area contributed by atoms with E-state index in [1.807, 2.05) is 38.1 Å². The van der Waals surface area contributed by atoms with E-state index in [2.05, 4.69) is 10.2 Å². The highest BCUT2D eigenvalue weighted by molar-refractivity contribution is 7.92. The van der Waals surface area contributed by atoms with E-state index in [-0.39, 0.29) is 59.2 Å². The molecule has 39 heavy (non-hydrogen) atoms. The lowest BCUT2D eigenvalue weighted by Crippen LogP contribution is -2.53. The van der Waals surface area contributed by atoms with Crippen LogP contribution in [0.2, 0.25) is 0 Å². The number of hydrogen-bond donors (Lipinski definition) is 1. The smallest absolute Gasteiger partial charge is 0.264 e. The van der Waals surface area contributed by atoms with Crippen molar-refractivity contribution in [3.8, 4) is 0 Å². The molecule has 2 bridgehead atoms. The van der Waals surface area contributed by atoms with Gasteiger partial charge >= 0.3 is 0 Å². The molecule has 0 saturated carbocycles. The number of rotatable bonds is 8. The molecule has 1 aromatic heterocycles. The summed E-state index contributed by atoms with van der Waals surface area (Å²) in [5, 5.41) is 3.96. The lowest BCUT2D eigenvalue weighted by molar-refractivity contribution is 0.0827. The average molecular weight is 579 g/mol. The Balaban J connectivity index is 1.26. The van der Waals surface area contributed by atoms with Crippen molar-refractivity contribution in [1.29, 1.82) is 0 Å². The topological polar surface area (TPSA) is 126 Å². The molecular formula is C27H38N4O6S2. The van der Waals surface area contributed by atoms with Crippen molar-refractivity contribution in [2.24, 2.45) is 0 Å². The maximum Gasteiger partial charge on any atom is 0.264 e. The Hall–Kier alpha value is -2.28. The highest BCUT2D eigenvalue weighted by atomic mass is 32.2. The van der Waals surface area contributed by atoms with Gasteiger partial charge < -0.3 is 9.88 Å². The third-order valence-corrected chi connectivity index (χ3v) is 11.6. The third kappa shape index (κ3) is 5.79. The minimum absolute atomic E-state index is 0.0273. The molecule has 4 heterocycles. The zero-order valence-corrected chi connectivity index (χ0v) is 24.4. The van der Waals surface area contributed by atoms with Gasteiger partial charge in [0, 0.05) is 43.3 Å². The molecule has 1 amide bonds. The van der Waals surface area contributed by atoms with Crippen molar-refractivity contribution in [3.63, 3.8) is 0 Å². The van der Waals surface area contributed by atoms with Crippen LogP contribution in [0.15, 0.2) is 35.1 Å². The monoisotopic (exact) mass is 578 g/mol. The number of sulfone groups is 1. The number of nitrogens with zero attached hydrogens (tertiary/aromatic N) is 3. The first-order valence-corrected chi connectivity index (χ1v) is 17.4. The van der Waals surface area contributed by atoms with Crippen molar-refractivity contribution in [3.05, 3.63) is 46.2 Å². The van der Waals surface area contributed by atoms with Crippen LogP contribution in [-0.4, -0.2) is 91.5 Å². The van der Waals surface area contributed by atoms with E-state index in [0.29, 0.717) is 13.0 Å². The lowest BCUT2D eigenvalue weighted by Gasteiger charge is -2.40. The van der Waals surface area contributed by atoms with E-state index in [4.69, 9.17) is 0 Å². The van der Waals surface area contributed by atoms with Crippen LogP contribution in [-0.2, 0) is 19.9 Å². The molecule has 3 fully saturated rings. The normalized spacial score (nSPS) is 27.0. The zero-order valence-electron chi connectivity index (χ0n) is 22.7. The molecule has 2 aromatic rings. The molecule has 3 aliphatic heterocycles. The Bertz CT molecular complexity index is 1520. The summed E-state index contributed by atoms with van der Waals surface area (Å²) in [5.74, 6) is -0.447. The predicted octanol–water partition coefficient (Wildman–Crippen LogP) is 1.76. The molecule has 1 aromatic carbocycles. The number of para-hydroxylation sites is 1. The van der Waals surface area contributed by atoms with Crippen LogP contribution in [0.5, 0.6) is 0 Å². The SMILES string of the molecule is CC(C)n1c(=O)c(C(=O)NC2CC3CCC(C2)N3CCN(C2CCS(=O)(=O)C2)S(C)(=O)=O)cc2ccccc21. The molecule has 3 atom stereocenters. The van der Waals surface area contributed by atoms with E-state index in [0.717, 1.165) is 42.8 Å². The number of carbonyl (C=O) groups excluding carboxylic acids is 1. The van der Waals surface area contributed by atoms with Gasteiger partial charge in [-0.15, -0.1) is 0 Å². The second-order valence-corrected chi connectivity index (χ2v) is 15.7. The summed E-state index contributed by atoms with van der Waals surface area (Å²) in [6.45, 7) is 4.65. The van der Waals surface area contributed by atoms with E-state index < -0.39 is 25.9 Å². The van der Waals surface area contributed by atoms with Gasteiger partial charge in [0.15, 0.2) is 9.84 Å². The number of sulfonamides is 1. The number of hydrogen-bond acceptors (Lipinski definition) is 7. The zero-order chi connectivity index (χ0) is 28.1. The second kappa shape index (κ2) is 10.6. The van der Waals surface area contributed by atoms with Gasteiger partial charge in [-0.25, -0.2) is 16.8 Å². The summed E-state index contributed by atoms with van der Waals surface area (Å²) in [5.41, 5.74) is 0.655. The summed E-state index contributed by atoms with van der Waals surface area (Å²) in [4.78, 5) is 28.9. The van der Waals surface area contributed by atoms with Gasteiger partial charge in [0.1, 0.15) is 5.56 Å². The average Bonchev–Trinajstić information content (AvgIpc) is 3.31. The van der Waals surface area contributed by atoms with E-state index in [1.165, 1.54) is 4.31 Å². The fourth-order valence-corrected chi connectivity index (χ4v) is 9.78. The number of piperidine rings is 1. The number of fused-ring (bicyclic) bond motifs is 3. The standard InChI is InChI=1S/C27H38N4O6S2/c1-18(2)31-25-7-5-4-6-19(25)14-24(27(31)33)26(32)28-20-15-21-8-9-22(16-20)29(21)11-12-30(38(3,34)35)23-10-13-39(36,37)17-23/h4-7,14,18,20-23H,8-13,15-17H2,1-3H3,(H,28,32). The van der Waals surface area contributed by atoms with Crippen molar-refractivity contribution < 1.29 is 21.6 Å². The Labute approximate surface area is 230 Å². The molecule has 5 rings (SSSR count). The number of aromatic nitrogens is 1. The maximum atomic E-state index is 13.3. The minimum Gasteiger partial charge on any atom is -0.349 e. The first-order chi connectivity index (χ1) is 18.3. The molecule has 3 unspecified atom stereocenters. The fraction of sp³-hybridized carbons (Fsp3) is 0.630. The number of nitrogens with one attached hydrogen (secondary N) is 1. The van der Waals surface area contributed by atoms with Gasteiger partial charge in [-0.3, -0.25) is 14.5 Å². The largest absolute Gasteiger partial charge is 0.349 e. The van der Waals surface area contributed by atoms with Gasteiger partial charge in [-0.1, -0.05) is 18.2 Å². The molecule has 214 valence electrons. The van der Waals surface area contributed by atoms with Crippen LogP contribution in [0.3, 0.4) is 0 Å². The highest BCUT2D eigenvalue weighted by Gasteiger charge is 2.42. The van der Waals surface area contributed by atoms with E-state index in [1.54, 1.807) is 10.6 Å². The molecule has 12 heteroatoms. The van der Waals surface area contributed by atoms with Crippen molar-refractivity contribution >= 4 is 36.7 Å². The van der Waals surface area contributed by atoms with Gasteiger partial charge in [0.25, 0.3) is 11.5 Å². The van der Waals surface area contributed by atoms with Crippen LogP contribution >= 0.6 is 0 Å². The van der Waals surface area contributed by atoms with Crippen molar-refractivity contribution in [2.75, 3.05) is 30.9 Å². The number of carbonyl (C=O) groups is 1. The van der Waals surface area contributed by atoms with Crippen molar-refractivity contribution in [2.45, 2.75) is 76.2 Å². The number of benzene rings is 1. The first kappa shape index (κ1) is 28.3. The lowest BCUT2D eigenvalue weighted by atomic mass is 9.96. The summed E-state index contributed by atoms with van der Waals surface area (Å²) >= 11 is 0. The van der Waals surface area contributed by atoms with E-state index in [9.17, 15) is 26.4 Å². The molecule has 0 spiro atoms. The molecule has 1 N–H and O–H groups in total. The van der Waals surface area contributed by atoms with Crippen LogP contribution in [0.4, 0.5) is 0 Å². The third-order valence-electron chi connectivity index (χ3n) is 8.55. The minimum atomic E-state index is -3.55. The molecule has 0 radical (unpaired) electrons. The van der Waals surface area contributed by atoms with Gasteiger partial charge in [-0.05, 0) is 63.5 Å². The molecular weight excluding hydrogens is 540 g/mol. The van der Waals surface area contributed by atoms with E-state index >= 15 is 0 Å². The maximum absolute atomic E-state index is 13.3. The Kier molecular flexibility index (Phi) is 7.68. The molecule has 3 aliphatic rings. The van der Waals surface area contributed by atoms with Crippen LogP contribution < -0.4 is 10.9 Å². The summed E-state index contributed by atoms with van der Waals surface area (Å²) in [7, 11) is -6.75. The first-order valence-electron chi connectivity index (χ1n) is 13.7.